The first-order valence-corrected chi connectivity index (χ1v) is 6.15. The Bertz CT molecular complexity index is 570. The van der Waals surface area contributed by atoms with Crippen molar-refractivity contribution in [3.05, 3.63) is 33.8 Å². The van der Waals surface area contributed by atoms with Gasteiger partial charge in [0.2, 0.25) is 5.91 Å². The second kappa shape index (κ2) is 5.11. The van der Waals surface area contributed by atoms with Crippen LogP contribution in [0.25, 0.3) is 0 Å². The molecule has 2 atom stereocenters. The van der Waals surface area contributed by atoms with Crippen LogP contribution in [0.2, 0.25) is 10.0 Å². The van der Waals surface area contributed by atoms with Gasteiger partial charge in [-0.3, -0.25) is 4.79 Å². The van der Waals surface area contributed by atoms with E-state index in [1.807, 2.05) is 6.07 Å². The third-order valence-corrected chi connectivity index (χ3v) is 3.54. The second-order valence-electron chi connectivity index (χ2n) is 3.72. The van der Waals surface area contributed by atoms with E-state index in [2.05, 4.69) is 10.6 Å². The molecule has 0 unspecified atom stereocenters. The normalized spacial score (nSPS) is 22.9. The first-order chi connectivity index (χ1) is 8.52. The van der Waals surface area contributed by atoms with Crippen LogP contribution in [-0.4, -0.2) is 11.0 Å². The van der Waals surface area contributed by atoms with E-state index in [1.54, 1.807) is 18.2 Å². The molecule has 1 aromatic carbocycles. The van der Waals surface area contributed by atoms with Crippen LogP contribution in [0.3, 0.4) is 0 Å². The van der Waals surface area contributed by atoms with Crippen molar-refractivity contribution in [3.63, 3.8) is 0 Å². The van der Waals surface area contributed by atoms with Gasteiger partial charge in [-0.05, 0) is 29.9 Å². The van der Waals surface area contributed by atoms with Crippen molar-refractivity contribution in [2.45, 2.75) is 6.04 Å². The molecular weight excluding hydrogens is 293 g/mol. The number of nitrogens with zero attached hydrogens (tertiary/aromatic N) is 1. The summed E-state index contributed by atoms with van der Waals surface area (Å²) in [5.41, 5.74) is 0.688. The number of carbonyl (C=O) groups is 1. The van der Waals surface area contributed by atoms with Crippen LogP contribution in [0.4, 0.5) is 0 Å². The minimum absolute atomic E-state index is 0.197. The molecule has 0 saturated carbocycles. The van der Waals surface area contributed by atoms with Crippen LogP contribution in [0.5, 0.6) is 0 Å². The molecule has 18 heavy (non-hydrogen) atoms. The van der Waals surface area contributed by atoms with Gasteiger partial charge >= 0.3 is 0 Å². The van der Waals surface area contributed by atoms with Crippen LogP contribution in [-0.2, 0) is 4.79 Å². The Morgan fingerprint density at radius 3 is 2.67 bits per heavy atom. The molecule has 7 heteroatoms. The molecule has 1 saturated heterocycles. The molecule has 92 valence electrons. The minimum Gasteiger partial charge on any atom is -0.354 e. The maximum atomic E-state index is 11.7. The van der Waals surface area contributed by atoms with Gasteiger partial charge < -0.3 is 10.6 Å². The summed E-state index contributed by atoms with van der Waals surface area (Å²) in [4.78, 5) is 11.7. The number of hydrogen-bond donors (Lipinski definition) is 2. The van der Waals surface area contributed by atoms with Gasteiger partial charge in [0.25, 0.3) is 0 Å². The summed E-state index contributed by atoms with van der Waals surface area (Å²) >= 11 is 16.7. The highest BCUT2D eigenvalue weighted by Crippen LogP contribution is 2.30. The summed E-state index contributed by atoms with van der Waals surface area (Å²) in [6, 6.07) is 6.36. The number of rotatable bonds is 1. The molecule has 2 rings (SSSR count). The van der Waals surface area contributed by atoms with E-state index in [0.717, 1.165) is 0 Å². The first-order valence-electron chi connectivity index (χ1n) is 4.99. The topological polar surface area (TPSA) is 64.9 Å². The third-order valence-electron chi connectivity index (χ3n) is 2.58. The van der Waals surface area contributed by atoms with Crippen molar-refractivity contribution >= 4 is 46.4 Å². The predicted molar refractivity (Wildman–Crippen MR) is 72.2 cm³/mol. The number of hydrogen-bond acceptors (Lipinski definition) is 3. The molecule has 1 aliphatic rings. The summed E-state index contributed by atoms with van der Waals surface area (Å²) < 4.78 is 0. The molecule has 2 N–H and O–H groups in total. The molecular formula is C11H7Cl2N3OS. The molecule has 1 aliphatic heterocycles. The van der Waals surface area contributed by atoms with Crippen molar-refractivity contribution in [3.8, 4) is 6.07 Å². The lowest BCUT2D eigenvalue weighted by Crippen LogP contribution is -2.53. The Labute approximate surface area is 119 Å². The Morgan fingerprint density at radius 1 is 1.33 bits per heavy atom. The lowest BCUT2D eigenvalue weighted by Gasteiger charge is -2.29. The number of carbonyl (C=O) groups excluding carboxylic acids is 1. The summed E-state index contributed by atoms with van der Waals surface area (Å²) in [5.74, 6) is -1.29. The Hall–Kier alpha value is -1.35. The number of thiocarbonyl (C=S) groups is 1. The molecule has 1 fully saturated rings. The first kappa shape index (κ1) is 13.1. The molecule has 0 spiro atoms. The molecule has 0 aliphatic carbocycles. The van der Waals surface area contributed by atoms with Crippen molar-refractivity contribution < 1.29 is 4.79 Å². The number of halogens is 2. The number of nitriles is 1. The smallest absolute Gasteiger partial charge is 0.245 e. The second-order valence-corrected chi connectivity index (χ2v) is 4.94. The van der Waals surface area contributed by atoms with Gasteiger partial charge in [-0.15, -0.1) is 0 Å². The van der Waals surface area contributed by atoms with Gasteiger partial charge in [0.05, 0.1) is 22.2 Å². The fourth-order valence-electron chi connectivity index (χ4n) is 1.72. The molecule has 4 nitrogen and oxygen atoms in total. The standard InChI is InChI=1S/C11H7Cl2N3OS/c12-7-2-1-5(3-8(7)13)9-6(4-14)10(17)16-11(18)15-9/h1-3,6,9H,(H2,15,16,17,18)/t6-,9+/m1/s1. The third kappa shape index (κ3) is 2.41. The summed E-state index contributed by atoms with van der Waals surface area (Å²) in [6.07, 6.45) is 0. The highest BCUT2D eigenvalue weighted by molar-refractivity contribution is 7.80. The average molecular weight is 300 g/mol. The molecule has 0 radical (unpaired) electrons. The minimum atomic E-state index is -0.867. The van der Waals surface area contributed by atoms with Crippen LogP contribution in [0.15, 0.2) is 18.2 Å². The zero-order valence-electron chi connectivity index (χ0n) is 8.91. The van der Waals surface area contributed by atoms with Crippen molar-refractivity contribution in [2.24, 2.45) is 5.92 Å². The lowest BCUT2D eigenvalue weighted by molar-refractivity contribution is -0.123. The quantitative estimate of drug-likeness (QED) is 0.780. The zero-order chi connectivity index (χ0) is 13.3. The van der Waals surface area contributed by atoms with E-state index in [0.29, 0.717) is 15.6 Å². The lowest BCUT2D eigenvalue weighted by atomic mass is 9.92. The number of amides is 1. The van der Waals surface area contributed by atoms with Crippen molar-refractivity contribution in [1.29, 1.82) is 5.26 Å². The monoisotopic (exact) mass is 299 g/mol. The number of benzene rings is 1. The van der Waals surface area contributed by atoms with E-state index >= 15 is 0 Å². The van der Waals surface area contributed by atoms with Crippen LogP contribution in [0.1, 0.15) is 11.6 Å². The van der Waals surface area contributed by atoms with Crippen molar-refractivity contribution in [2.75, 3.05) is 0 Å². The average Bonchev–Trinajstić information content (AvgIpc) is 2.32. The van der Waals surface area contributed by atoms with Crippen LogP contribution in [0, 0.1) is 17.2 Å². The summed E-state index contributed by atoms with van der Waals surface area (Å²) in [7, 11) is 0. The molecule has 1 aromatic rings. The maximum absolute atomic E-state index is 11.7. The SMILES string of the molecule is N#C[C@H]1C(=O)NC(=S)N[C@H]1c1ccc(Cl)c(Cl)c1. The number of nitrogens with one attached hydrogen (secondary N) is 2. The van der Waals surface area contributed by atoms with Gasteiger partial charge in [-0.1, -0.05) is 29.3 Å². The van der Waals surface area contributed by atoms with E-state index < -0.39 is 17.9 Å². The molecule has 0 bridgehead atoms. The maximum Gasteiger partial charge on any atom is 0.245 e. The largest absolute Gasteiger partial charge is 0.354 e. The van der Waals surface area contributed by atoms with E-state index in [4.69, 9.17) is 40.7 Å². The molecule has 1 heterocycles. The Balaban J connectivity index is 2.40. The van der Waals surface area contributed by atoms with E-state index in [-0.39, 0.29) is 5.11 Å². The summed E-state index contributed by atoms with van der Waals surface area (Å²) in [6.45, 7) is 0. The molecule has 0 aromatic heterocycles. The highest BCUT2D eigenvalue weighted by Gasteiger charge is 2.35. The summed E-state index contributed by atoms with van der Waals surface area (Å²) in [5, 5.41) is 15.3. The van der Waals surface area contributed by atoms with Gasteiger partial charge in [-0.25, -0.2) is 0 Å². The highest BCUT2D eigenvalue weighted by atomic mass is 35.5. The van der Waals surface area contributed by atoms with E-state index in [9.17, 15) is 4.79 Å². The van der Waals surface area contributed by atoms with Gasteiger partial charge in [-0.2, -0.15) is 5.26 Å². The predicted octanol–water partition coefficient (Wildman–Crippen LogP) is 2.18. The van der Waals surface area contributed by atoms with Gasteiger partial charge in [0, 0.05) is 0 Å². The van der Waals surface area contributed by atoms with Crippen molar-refractivity contribution in [1.82, 2.24) is 10.6 Å². The fraction of sp³-hybridized carbons (Fsp3) is 0.182. The Morgan fingerprint density at radius 2 is 2.06 bits per heavy atom. The van der Waals surface area contributed by atoms with Gasteiger partial charge in [0.15, 0.2) is 5.11 Å². The van der Waals surface area contributed by atoms with E-state index in [1.165, 1.54) is 0 Å². The van der Waals surface area contributed by atoms with Crippen LogP contribution >= 0.6 is 35.4 Å². The fourth-order valence-corrected chi connectivity index (χ4v) is 2.25. The Kier molecular flexibility index (Phi) is 3.71. The van der Waals surface area contributed by atoms with Crippen LogP contribution < -0.4 is 10.6 Å². The zero-order valence-corrected chi connectivity index (χ0v) is 11.2. The molecule has 1 amide bonds. The van der Waals surface area contributed by atoms with Gasteiger partial charge in [0.1, 0.15) is 5.92 Å².